The Bertz CT molecular complexity index is 448. The number of benzene rings is 1. The molecule has 0 bridgehead atoms. The fourth-order valence-electron chi connectivity index (χ4n) is 1.13. The van der Waals surface area contributed by atoms with E-state index in [0.717, 1.165) is 0 Å². The molecule has 0 radical (unpaired) electrons. The van der Waals surface area contributed by atoms with Crippen LogP contribution in [0.5, 0.6) is 0 Å². The molecule has 0 saturated heterocycles. The third-order valence-electron chi connectivity index (χ3n) is 2.66. The maximum absolute atomic E-state index is 11.7. The number of amides is 2. The number of aliphatic hydroxyl groups is 1. The minimum absolute atomic E-state index is 0.365. The van der Waals surface area contributed by atoms with Crippen molar-refractivity contribution in [1.29, 1.82) is 0 Å². The Morgan fingerprint density at radius 2 is 1.94 bits per heavy atom. The molecule has 0 fully saturated rings. The smallest absolute Gasteiger partial charge is 0.319 e. The molecule has 2 amide bonds. The molecule has 4 nitrogen and oxygen atoms in total. The van der Waals surface area contributed by atoms with Crippen LogP contribution < -0.4 is 10.6 Å². The van der Waals surface area contributed by atoms with Gasteiger partial charge >= 0.3 is 6.03 Å². The Morgan fingerprint density at radius 3 is 2.44 bits per heavy atom. The highest BCUT2D eigenvalue weighted by Gasteiger charge is 2.25. The molecule has 1 atom stereocenters. The van der Waals surface area contributed by atoms with Crippen LogP contribution in [0.25, 0.3) is 0 Å². The highest BCUT2D eigenvalue weighted by molar-refractivity contribution is 6.42. The predicted octanol–water partition coefficient (Wildman–Crippen LogP) is 3.27. The molecule has 1 unspecified atom stereocenters. The van der Waals surface area contributed by atoms with E-state index in [-0.39, 0.29) is 0 Å². The van der Waals surface area contributed by atoms with E-state index in [0.29, 0.717) is 15.7 Å². The Kier molecular flexibility index (Phi) is 4.85. The molecule has 0 spiro atoms. The molecule has 0 aliphatic carbocycles. The number of rotatable bonds is 3. The molecule has 0 aliphatic heterocycles. The minimum atomic E-state index is -0.722. The monoisotopic (exact) mass is 290 g/mol. The van der Waals surface area contributed by atoms with Gasteiger partial charge in [0.2, 0.25) is 0 Å². The minimum Gasteiger partial charge on any atom is -0.391 e. The molecule has 1 aromatic rings. The van der Waals surface area contributed by atoms with Crippen LogP contribution in [0.15, 0.2) is 18.2 Å². The third kappa shape index (κ3) is 4.05. The Labute approximate surface area is 116 Å². The molecule has 18 heavy (non-hydrogen) atoms. The Balaban J connectivity index is 2.68. The Morgan fingerprint density at radius 1 is 1.33 bits per heavy atom. The quantitative estimate of drug-likeness (QED) is 0.800. The van der Waals surface area contributed by atoms with Gasteiger partial charge in [-0.05, 0) is 39.0 Å². The second kappa shape index (κ2) is 5.78. The molecule has 100 valence electrons. The van der Waals surface area contributed by atoms with Crippen LogP contribution >= 0.6 is 23.2 Å². The molecular weight excluding hydrogens is 275 g/mol. The lowest BCUT2D eigenvalue weighted by Crippen LogP contribution is -2.52. The van der Waals surface area contributed by atoms with E-state index in [9.17, 15) is 9.90 Å². The first kappa shape index (κ1) is 15.1. The molecule has 1 rings (SSSR count). The van der Waals surface area contributed by atoms with E-state index in [1.807, 2.05) is 0 Å². The van der Waals surface area contributed by atoms with Crippen molar-refractivity contribution < 1.29 is 9.90 Å². The number of carbonyl (C=O) groups is 1. The highest BCUT2D eigenvalue weighted by atomic mass is 35.5. The van der Waals surface area contributed by atoms with E-state index in [2.05, 4.69) is 10.6 Å². The zero-order valence-electron chi connectivity index (χ0n) is 10.4. The fourth-order valence-corrected chi connectivity index (χ4v) is 1.43. The summed E-state index contributed by atoms with van der Waals surface area (Å²) in [6.07, 6.45) is -0.669. The fraction of sp³-hybridized carbons (Fsp3) is 0.417. The standard InChI is InChI=1S/C12H16Cl2N2O2/c1-7(17)12(2,3)16-11(18)15-8-4-5-9(13)10(14)6-8/h4-7,17H,1-3H3,(H2,15,16,18). The van der Waals surface area contributed by atoms with Gasteiger partial charge in [-0.15, -0.1) is 0 Å². The van der Waals surface area contributed by atoms with E-state index >= 15 is 0 Å². The van der Waals surface area contributed by atoms with Crippen LogP contribution in [0.1, 0.15) is 20.8 Å². The van der Waals surface area contributed by atoms with Gasteiger partial charge < -0.3 is 15.7 Å². The first-order valence-electron chi connectivity index (χ1n) is 5.44. The first-order valence-corrected chi connectivity index (χ1v) is 6.20. The normalized spacial score (nSPS) is 13.0. The summed E-state index contributed by atoms with van der Waals surface area (Å²) in [4.78, 5) is 11.7. The van der Waals surface area contributed by atoms with Crippen molar-refractivity contribution in [2.24, 2.45) is 0 Å². The predicted molar refractivity (Wildman–Crippen MR) is 74.4 cm³/mol. The largest absolute Gasteiger partial charge is 0.391 e. The third-order valence-corrected chi connectivity index (χ3v) is 3.40. The summed E-state index contributed by atoms with van der Waals surface area (Å²) < 4.78 is 0. The number of anilines is 1. The summed E-state index contributed by atoms with van der Waals surface area (Å²) in [5, 5.41) is 15.6. The van der Waals surface area contributed by atoms with Crippen molar-refractivity contribution >= 4 is 34.9 Å². The van der Waals surface area contributed by atoms with Crippen molar-refractivity contribution in [2.75, 3.05) is 5.32 Å². The first-order chi connectivity index (χ1) is 8.22. The zero-order chi connectivity index (χ0) is 13.9. The number of carbonyl (C=O) groups excluding carboxylic acids is 1. The zero-order valence-corrected chi connectivity index (χ0v) is 11.9. The second-order valence-electron chi connectivity index (χ2n) is 4.61. The van der Waals surface area contributed by atoms with Gasteiger partial charge in [0, 0.05) is 5.69 Å². The topological polar surface area (TPSA) is 61.4 Å². The molecular formula is C12H16Cl2N2O2. The number of hydrogen-bond donors (Lipinski definition) is 3. The van der Waals surface area contributed by atoms with Crippen LogP contribution in [0, 0.1) is 0 Å². The molecule has 0 aromatic heterocycles. The van der Waals surface area contributed by atoms with Crippen LogP contribution in [-0.2, 0) is 0 Å². The van der Waals surface area contributed by atoms with Gasteiger partial charge in [0.15, 0.2) is 0 Å². The summed E-state index contributed by atoms with van der Waals surface area (Å²) in [6.45, 7) is 5.07. The maximum atomic E-state index is 11.7. The summed E-state index contributed by atoms with van der Waals surface area (Å²) >= 11 is 11.6. The van der Waals surface area contributed by atoms with Crippen LogP contribution in [0.3, 0.4) is 0 Å². The van der Waals surface area contributed by atoms with E-state index in [1.54, 1.807) is 39.0 Å². The van der Waals surface area contributed by atoms with Crippen molar-refractivity contribution in [2.45, 2.75) is 32.4 Å². The Hall–Kier alpha value is -0.970. The van der Waals surface area contributed by atoms with Crippen LogP contribution in [-0.4, -0.2) is 22.8 Å². The average Bonchev–Trinajstić information content (AvgIpc) is 2.22. The molecule has 3 N–H and O–H groups in total. The second-order valence-corrected chi connectivity index (χ2v) is 5.42. The van der Waals surface area contributed by atoms with E-state index < -0.39 is 17.7 Å². The maximum Gasteiger partial charge on any atom is 0.319 e. The van der Waals surface area contributed by atoms with E-state index in [4.69, 9.17) is 23.2 Å². The van der Waals surface area contributed by atoms with Gasteiger partial charge in [-0.1, -0.05) is 23.2 Å². The van der Waals surface area contributed by atoms with E-state index in [1.165, 1.54) is 0 Å². The van der Waals surface area contributed by atoms with Gasteiger partial charge in [-0.2, -0.15) is 0 Å². The number of hydrogen-bond acceptors (Lipinski definition) is 2. The van der Waals surface area contributed by atoms with Crippen molar-refractivity contribution in [3.8, 4) is 0 Å². The number of aliphatic hydroxyl groups excluding tert-OH is 1. The SMILES string of the molecule is CC(O)C(C)(C)NC(=O)Nc1ccc(Cl)c(Cl)c1. The van der Waals surface area contributed by atoms with Gasteiger partial charge in [0.25, 0.3) is 0 Å². The molecule has 0 heterocycles. The van der Waals surface area contributed by atoms with Crippen LogP contribution in [0.4, 0.5) is 10.5 Å². The van der Waals surface area contributed by atoms with Crippen molar-refractivity contribution in [1.82, 2.24) is 5.32 Å². The number of halogens is 2. The molecule has 6 heteroatoms. The van der Waals surface area contributed by atoms with Gasteiger partial charge in [0.1, 0.15) is 0 Å². The summed E-state index contributed by atoms with van der Waals surface area (Å²) in [5.74, 6) is 0. The lowest BCUT2D eigenvalue weighted by molar-refractivity contribution is 0.103. The lowest BCUT2D eigenvalue weighted by atomic mass is 9.99. The van der Waals surface area contributed by atoms with Crippen molar-refractivity contribution in [3.05, 3.63) is 28.2 Å². The van der Waals surface area contributed by atoms with Gasteiger partial charge in [0.05, 0.1) is 21.7 Å². The van der Waals surface area contributed by atoms with Crippen molar-refractivity contribution in [3.63, 3.8) is 0 Å². The lowest BCUT2D eigenvalue weighted by Gasteiger charge is -2.29. The highest BCUT2D eigenvalue weighted by Crippen LogP contribution is 2.25. The summed E-state index contributed by atoms with van der Waals surface area (Å²) in [6, 6.07) is 4.38. The summed E-state index contributed by atoms with van der Waals surface area (Å²) in [5.41, 5.74) is -0.191. The summed E-state index contributed by atoms with van der Waals surface area (Å²) in [7, 11) is 0. The molecule has 0 saturated carbocycles. The number of nitrogens with one attached hydrogen (secondary N) is 2. The average molecular weight is 291 g/mol. The molecule has 0 aliphatic rings. The van der Waals surface area contributed by atoms with Crippen LogP contribution in [0.2, 0.25) is 10.0 Å². The van der Waals surface area contributed by atoms with Gasteiger partial charge in [-0.25, -0.2) is 4.79 Å². The number of urea groups is 1. The van der Waals surface area contributed by atoms with Gasteiger partial charge in [-0.3, -0.25) is 0 Å². The molecule has 1 aromatic carbocycles.